The van der Waals surface area contributed by atoms with Gasteiger partial charge in [0.2, 0.25) is 0 Å². The number of hydrogen-bond acceptors (Lipinski definition) is 3. The molecule has 3 aromatic rings. The maximum atomic E-state index is 9.09. The molecule has 0 saturated carbocycles. The van der Waals surface area contributed by atoms with E-state index in [1.54, 1.807) is 0 Å². The number of rotatable bonds is 8. The maximum Gasteiger partial charge on any atom is 0.0923 e. The van der Waals surface area contributed by atoms with E-state index in [4.69, 9.17) is 5.11 Å². The van der Waals surface area contributed by atoms with Gasteiger partial charge in [-0.25, -0.2) is 0 Å². The van der Waals surface area contributed by atoms with E-state index in [0.29, 0.717) is 0 Å². The van der Waals surface area contributed by atoms with Crippen molar-refractivity contribution >= 4 is 0 Å². The number of aliphatic hydroxyl groups excluding tert-OH is 1. The molecule has 3 rings (SSSR count). The van der Waals surface area contributed by atoms with Crippen molar-refractivity contribution in [1.29, 1.82) is 0 Å². The van der Waals surface area contributed by atoms with Crippen LogP contribution in [0.5, 0.6) is 0 Å². The standard InChI is InChI=1S/C21H25N3O/c1-24(15-17-9-11-18(16-25)12-10-17)13-5-8-20-14-21(23-22-20)19-6-3-2-4-7-19/h2-4,6-7,9-12,14,25H,5,8,13,15-16H2,1H3,(H,22,23). The predicted octanol–water partition coefficient (Wildman–Crippen LogP) is 3.63. The second-order valence-electron chi connectivity index (χ2n) is 6.46. The van der Waals surface area contributed by atoms with Crippen LogP contribution in [-0.4, -0.2) is 33.8 Å². The summed E-state index contributed by atoms with van der Waals surface area (Å²) in [6, 6.07) is 20.5. The number of hydrogen-bond donors (Lipinski definition) is 2. The summed E-state index contributed by atoms with van der Waals surface area (Å²) in [5.74, 6) is 0. The molecule has 0 saturated heterocycles. The minimum Gasteiger partial charge on any atom is -0.392 e. The topological polar surface area (TPSA) is 52.2 Å². The average molecular weight is 335 g/mol. The minimum absolute atomic E-state index is 0.102. The van der Waals surface area contributed by atoms with Gasteiger partial charge >= 0.3 is 0 Å². The highest BCUT2D eigenvalue weighted by Crippen LogP contribution is 2.17. The largest absolute Gasteiger partial charge is 0.392 e. The lowest BCUT2D eigenvalue weighted by atomic mass is 10.1. The van der Waals surface area contributed by atoms with Crippen LogP contribution in [0.25, 0.3) is 11.3 Å². The Kier molecular flexibility index (Phi) is 5.99. The Hall–Kier alpha value is -2.43. The van der Waals surface area contributed by atoms with Crippen LogP contribution in [0, 0.1) is 0 Å². The number of H-pyrrole nitrogens is 1. The highest BCUT2D eigenvalue weighted by molar-refractivity contribution is 5.58. The van der Waals surface area contributed by atoms with Gasteiger partial charge in [-0.1, -0.05) is 54.6 Å². The molecule has 0 atom stereocenters. The van der Waals surface area contributed by atoms with Gasteiger partial charge in [-0.3, -0.25) is 5.10 Å². The monoisotopic (exact) mass is 335 g/mol. The Balaban J connectivity index is 1.45. The summed E-state index contributed by atoms with van der Waals surface area (Å²) >= 11 is 0. The average Bonchev–Trinajstić information content (AvgIpc) is 3.12. The molecule has 2 N–H and O–H groups in total. The van der Waals surface area contributed by atoms with Gasteiger partial charge in [0, 0.05) is 17.8 Å². The summed E-state index contributed by atoms with van der Waals surface area (Å²) in [7, 11) is 2.14. The Morgan fingerprint density at radius 3 is 2.44 bits per heavy atom. The van der Waals surface area contributed by atoms with Gasteiger partial charge < -0.3 is 10.0 Å². The third kappa shape index (κ3) is 5.02. The van der Waals surface area contributed by atoms with E-state index in [0.717, 1.165) is 42.8 Å². The highest BCUT2D eigenvalue weighted by Gasteiger charge is 2.05. The first-order valence-electron chi connectivity index (χ1n) is 8.71. The fraction of sp³-hybridized carbons (Fsp3) is 0.286. The van der Waals surface area contributed by atoms with E-state index in [1.165, 1.54) is 11.3 Å². The van der Waals surface area contributed by atoms with Crippen molar-refractivity contribution in [1.82, 2.24) is 15.1 Å². The Bertz CT molecular complexity index is 765. The van der Waals surface area contributed by atoms with Gasteiger partial charge in [0.25, 0.3) is 0 Å². The SMILES string of the molecule is CN(CCCc1cc(-c2ccccc2)n[nH]1)Cc1ccc(CO)cc1. The molecule has 1 aromatic heterocycles. The summed E-state index contributed by atoms with van der Waals surface area (Å²) in [5, 5.41) is 16.6. The molecule has 0 spiro atoms. The second-order valence-corrected chi connectivity index (χ2v) is 6.46. The van der Waals surface area contributed by atoms with E-state index >= 15 is 0 Å². The van der Waals surface area contributed by atoms with Crippen molar-refractivity contribution in [2.24, 2.45) is 0 Å². The first-order valence-corrected chi connectivity index (χ1v) is 8.71. The third-order valence-corrected chi connectivity index (χ3v) is 4.34. The molecule has 130 valence electrons. The smallest absolute Gasteiger partial charge is 0.0923 e. The van der Waals surface area contributed by atoms with Gasteiger partial charge in [-0.15, -0.1) is 0 Å². The number of aromatic nitrogens is 2. The molecule has 25 heavy (non-hydrogen) atoms. The highest BCUT2D eigenvalue weighted by atomic mass is 16.3. The predicted molar refractivity (Wildman–Crippen MR) is 101 cm³/mol. The van der Waals surface area contributed by atoms with Crippen LogP contribution in [0.15, 0.2) is 60.7 Å². The summed E-state index contributed by atoms with van der Waals surface area (Å²) in [6.07, 6.45) is 2.08. The fourth-order valence-electron chi connectivity index (χ4n) is 2.93. The van der Waals surface area contributed by atoms with Crippen LogP contribution in [0.3, 0.4) is 0 Å². The molecule has 0 aliphatic heterocycles. The van der Waals surface area contributed by atoms with Crippen molar-refractivity contribution < 1.29 is 5.11 Å². The van der Waals surface area contributed by atoms with Crippen LogP contribution in [0.1, 0.15) is 23.2 Å². The molecular weight excluding hydrogens is 310 g/mol. The van der Waals surface area contributed by atoms with Crippen molar-refractivity contribution in [2.45, 2.75) is 26.0 Å². The lowest BCUT2D eigenvalue weighted by molar-refractivity contribution is 0.281. The number of nitrogens with one attached hydrogen (secondary N) is 1. The van der Waals surface area contributed by atoms with Crippen molar-refractivity contribution in [3.63, 3.8) is 0 Å². The van der Waals surface area contributed by atoms with Crippen LogP contribution < -0.4 is 0 Å². The van der Waals surface area contributed by atoms with Crippen LogP contribution in [0.2, 0.25) is 0 Å². The Morgan fingerprint density at radius 1 is 1.00 bits per heavy atom. The first kappa shape index (κ1) is 17.4. The molecule has 0 radical (unpaired) electrons. The molecule has 0 fully saturated rings. The Labute approximate surface area is 149 Å². The number of aliphatic hydroxyl groups is 1. The molecule has 1 heterocycles. The van der Waals surface area contributed by atoms with Crippen molar-refractivity contribution in [3.8, 4) is 11.3 Å². The van der Waals surface area contributed by atoms with Gasteiger partial charge in [-0.05, 0) is 43.6 Å². The van der Waals surface area contributed by atoms with E-state index in [2.05, 4.69) is 52.5 Å². The van der Waals surface area contributed by atoms with Crippen molar-refractivity contribution in [3.05, 3.63) is 77.5 Å². The number of aromatic amines is 1. The van der Waals surface area contributed by atoms with Crippen LogP contribution in [-0.2, 0) is 19.6 Å². The lowest BCUT2D eigenvalue weighted by Gasteiger charge is -2.16. The molecule has 4 heteroatoms. The summed E-state index contributed by atoms with van der Waals surface area (Å²) < 4.78 is 0. The molecule has 0 bridgehead atoms. The van der Waals surface area contributed by atoms with Crippen LogP contribution in [0.4, 0.5) is 0 Å². The van der Waals surface area contributed by atoms with Gasteiger partial charge in [0.1, 0.15) is 0 Å². The zero-order valence-electron chi connectivity index (χ0n) is 14.7. The maximum absolute atomic E-state index is 9.09. The lowest BCUT2D eigenvalue weighted by Crippen LogP contribution is -2.19. The molecular formula is C21H25N3O. The van der Waals surface area contributed by atoms with Gasteiger partial charge in [0.05, 0.1) is 12.3 Å². The molecule has 0 unspecified atom stereocenters. The fourth-order valence-corrected chi connectivity index (χ4v) is 2.93. The molecule has 0 aliphatic rings. The van der Waals surface area contributed by atoms with Crippen molar-refractivity contribution in [2.75, 3.05) is 13.6 Å². The van der Waals surface area contributed by atoms with E-state index < -0.39 is 0 Å². The Morgan fingerprint density at radius 2 is 1.72 bits per heavy atom. The van der Waals surface area contributed by atoms with Crippen LogP contribution >= 0.6 is 0 Å². The summed E-state index contributed by atoms with van der Waals surface area (Å²) in [6.45, 7) is 2.05. The molecule has 0 amide bonds. The van der Waals surface area contributed by atoms with Gasteiger partial charge in [0.15, 0.2) is 0 Å². The third-order valence-electron chi connectivity index (χ3n) is 4.34. The minimum atomic E-state index is 0.102. The molecule has 4 nitrogen and oxygen atoms in total. The zero-order valence-corrected chi connectivity index (χ0v) is 14.7. The zero-order chi connectivity index (χ0) is 17.5. The van der Waals surface area contributed by atoms with E-state index in [1.807, 2.05) is 30.3 Å². The van der Waals surface area contributed by atoms with E-state index in [9.17, 15) is 0 Å². The number of benzene rings is 2. The molecule has 2 aromatic carbocycles. The summed E-state index contributed by atoms with van der Waals surface area (Å²) in [5.41, 5.74) is 5.56. The second kappa shape index (κ2) is 8.60. The van der Waals surface area contributed by atoms with E-state index in [-0.39, 0.29) is 6.61 Å². The normalized spacial score (nSPS) is 11.2. The first-order chi connectivity index (χ1) is 12.2. The van der Waals surface area contributed by atoms with Gasteiger partial charge in [-0.2, -0.15) is 5.10 Å². The quantitative estimate of drug-likeness (QED) is 0.661. The number of nitrogens with zero attached hydrogens (tertiary/aromatic N) is 2. The summed E-state index contributed by atoms with van der Waals surface area (Å²) in [4.78, 5) is 2.32. The number of aryl methyl sites for hydroxylation is 1. The molecule has 0 aliphatic carbocycles.